The van der Waals surface area contributed by atoms with Crippen LogP contribution in [0.4, 0.5) is 0 Å². The highest BCUT2D eigenvalue weighted by Gasteiger charge is 2.29. The Morgan fingerprint density at radius 1 is 1.08 bits per heavy atom. The third-order valence-corrected chi connectivity index (χ3v) is 2.88. The fourth-order valence-electron chi connectivity index (χ4n) is 2.08. The molecule has 13 heavy (non-hydrogen) atoms. The molecular formula is C10H18O3. The molecule has 3 nitrogen and oxygen atoms in total. The Labute approximate surface area is 79.0 Å². The molecule has 0 aromatic rings. The Morgan fingerprint density at radius 3 is 2.62 bits per heavy atom. The highest BCUT2D eigenvalue weighted by molar-refractivity contribution is 4.77. The molecule has 1 aliphatic heterocycles. The van der Waals surface area contributed by atoms with Gasteiger partial charge in [-0.1, -0.05) is 0 Å². The summed E-state index contributed by atoms with van der Waals surface area (Å²) >= 11 is 0. The molecule has 1 unspecified atom stereocenters. The van der Waals surface area contributed by atoms with Gasteiger partial charge in [-0.3, -0.25) is 0 Å². The second-order valence-corrected chi connectivity index (χ2v) is 3.97. The van der Waals surface area contributed by atoms with Crippen LogP contribution in [0.25, 0.3) is 0 Å². The zero-order valence-corrected chi connectivity index (χ0v) is 7.95. The lowest BCUT2D eigenvalue weighted by Crippen LogP contribution is -2.32. The number of hydrogen-bond acceptors (Lipinski definition) is 3. The van der Waals surface area contributed by atoms with Gasteiger partial charge in [-0.2, -0.15) is 0 Å². The van der Waals surface area contributed by atoms with E-state index in [1.165, 1.54) is 6.42 Å². The summed E-state index contributed by atoms with van der Waals surface area (Å²) in [5.74, 6) is 0. The van der Waals surface area contributed by atoms with E-state index in [1.54, 1.807) is 0 Å². The van der Waals surface area contributed by atoms with Crippen molar-refractivity contribution >= 4 is 0 Å². The predicted molar refractivity (Wildman–Crippen MR) is 48.3 cm³/mol. The van der Waals surface area contributed by atoms with Crippen LogP contribution >= 0.6 is 0 Å². The molecule has 76 valence electrons. The highest BCUT2D eigenvalue weighted by atomic mass is 16.7. The Hall–Kier alpha value is -0.120. The van der Waals surface area contributed by atoms with Gasteiger partial charge in [0.15, 0.2) is 6.29 Å². The molecular weight excluding hydrogens is 168 g/mol. The molecule has 1 N–H and O–H groups in total. The Morgan fingerprint density at radius 2 is 2.00 bits per heavy atom. The van der Waals surface area contributed by atoms with Crippen LogP contribution in [0.15, 0.2) is 0 Å². The maximum Gasteiger partial charge on any atom is 0.158 e. The molecule has 2 aliphatic rings. The first kappa shape index (κ1) is 9.44. The summed E-state index contributed by atoms with van der Waals surface area (Å²) in [5, 5.41) is 9.54. The minimum atomic E-state index is -0.259. The molecule has 3 atom stereocenters. The van der Waals surface area contributed by atoms with E-state index in [1.807, 2.05) is 0 Å². The van der Waals surface area contributed by atoms with Crippen LogP contribution in [0.1, 0.15) is 38.5 Å². The average molecular weight is 186 g/mol. The zero-order valence-electron chi connectivity index (χ0n) is 7.95. The number of aliphatic hydroxyl groups is 1. The van der Waals surface area contributed by atoms with Crippen LogP contribution in [0.3, 0.4) is 0 Å². The van der Waals surface area contributed by atoms with Crippen LogP contribution < -0.4 is 0 Å². The van der Waals surface area contributed by atoms with Gasteiger partial charge >= 0.3 is 0 Å². The molecule has 0 aromatic heterocycles. The van der Waals surface area contributed by atoms with Gasteiger partial charge in [-0.25, -0.2) is 0 Å². The number of hydrogen-bond donors (Lipinski definition) is 1. The molecule has 2 fully saturated rings. The monoisotopic (exact) mass is 186 g/mol. The van der Waals surface area contributed by atoms with Crippen LogP contribution in [-0.2, 0) is 9.47 Å². The molecule has 3 heteroatoms. The molecule has 0 radical (unpaired) electrons. The van der Waals surface area contributed by atoms with E-state index >= 15 is 0 Å². The van der Waals surface area contributed by atoms with Gasteiger partial charge in [0.05, 0.1) is 12.2 Å². The van der Waals surface area contributed by atoms with E-state index in [-0.39, 0.29) is 18.5 Å². The number of rotatable bonds is 2. The molecule has 0 spiro atoms. The van der Waals surface area contributed by atoms with Crippen LogP contribution in [0.2, 0.25) is 0 Å². The molecule has 0 amide bonds. The number of aliphatic hydroxyl groups excluding tert-OH is 1. The average Bonchev–Trinajstić information content (AvgIpc) is 2.54. The summed E-state index contributed by atoms with van der Waals surface area (Å²) in [6.07, 6.45) is 6.00. The summed E-state index contributed by atoms with van der Waals surface area (Å²) in [6, 6.07) is 0. The SMILES string of the molecule is O[C@@H]1CCC[C@H]1OC1CCCCO1. The molecule has 2 rings (SSSR count). The van der Waals surface area contributed by atoms with Crippen molar-refractivity contribution < 1.29 is 14.6 Å². The zero-order chi connectivity index (χ0) is 9.10. The van der Waals surface area contributed by atoms with E-state index < -0.39 is 0 Å². The first-order valence-corrected chi connectivity index (χ1v) is 5.31. The van der Waals surface area contributed by atoms with Gasteiger partial charge in [0.2, 0.25) is 0 Å². The minimum absolute atomic E-state index is 0.0306. The molecule has 1 aliphatic carbocycles. The van der Waals surface area contributed by atoms with Crippen LogP contribution in [0.5, 0.6) is 0 Å². The lowest BCUT2D eigenvalue weighted by molar-refractivity contribution is -0.201. The Bertz CT molecular complexity index is 154. The first-order chi connectivity index (χ1) is 6.36. The van der Waals surface area contributed by atoms with Crippen molar-refractivity contribution in [3.05, 3.63) is 0 Å². The molecule has 1 saturated heterocycles. The molecule has 1 heterocycles. The largest absolute Gasteiger partial charge is 0.390 e. The maximum absolute atomic E-state index is 9.54. The fourth-order valence-corrected chi connectivity index (χ4v) is 2.08. The third-order valence-electron chi connectivity index (χ3n) is 2.88. The first-order valence-electron chi connectivity index (χ1n) is 5.31. The molecule has 0 aromatic carbocycles. The van der Waals surface area contributed by atoms with Crippen LogP contribution in [0, 0.1) is 0 Å². The summed E-state index contributed by atoms with van der Waals surface area (Å²) in [4.78, 5) is 0. The van der Waals surface area contributed by atoms with E-state index in [0.29, 0.717) is 0 Å². The van der Waals surface area contributed by atoms with Gasteiger partial charge in [0.25, 0.3) is 0 Å². The predicted octanol–water partition coefficient (Wildman–Crippen LogP) is 1.44. The smallest absolute Gasteiger partial charge is 0.158 e. The Balaban J connectivity index is 1.75. The van der Waals surface area contributed by atoms with Gasteiger partial charge in [0.1, 0.15) is 0 Å². The van der Waals surface area contributed by atoms with Gasteiger partial charge in [0, 0.05) is 6.61 Å². The van der Waals surface area contributed by atoms with Gasteiger partial charge < -0.3 is 14.6 Å². The van der Waals surface area contributed by atoms with Crippen molar-refractivity contribution in [1.82, 2.24) is 0 Å². The van der Waals surface area contributed by atoms with Crippen molar-refractivity contribution in [2.75, 3.05) is 6.61 Å². The normalized spacial score (nSPS) is 40.8. The lowest BCUT2D eigenvalue weighted by Gasteiger charge is -2.27. The van der Waals surface area contributed by atoms with Crippen molar-refractivity contribution in [1.29, 1.82) is 0 Å². The molecule has 0 bridgehead atoms. The number of ether oxygens (including phenoxy) is 2. The maximum atomic E-state index is 9.54. The highest BCUT2D eigenvalue weighted by Crippen LogP contribution is 2.25. The lowest BCUT2D eigenvalue weighted by atomic mass is 10.2. The third kappa shape index (κ3) is 2.42. The van der Waals surface area contributed by atoms with Gasteiger partial charge in [-0.05, 0) is 38.5 Å². The van der Waals surface area contributed by atoms with Crippen LogP contribution in [-0.4, -0.2) is 30.2 Å². The summed E-state index contributed by atoms with van der Waals surface area (Å²) in [7, 11) is 0. The van der Waals surface area contributed by atoms with Crippen molar-refractivity contribution in [2.45, 2.75) is 57.0 Å². The van der Waals surface area contributed by atoms with Gasteiger partial charge in [-0.15, -0.1) is 0 Å². The van der Waals surface area contributed by atoms with Crippen molar-refractivity contribution in [2.24, 2.45) is 0 Å². The summed E-state index contributed by atoms with van der Waals surface area (Å²) in [5.41, 5.74) is 0. The Kier molecular flexibility index (Phi) is 3.19. The van der Waals surface area contributed by atoms with E-state index in [2.05, 4.69) is 0 Å². The second kappa shape index (κ2) is 4.40. The van der Waals surface area contributed by atoms with E-state index in [0.717, 1.165) is 38.7 Å². The summed E-state index contributed by atoms with van der Waals surface area (Å²) < 4.78 is 11.1. The van der Waals surface area contributed by atoms with Crippen molar-refractivity contribution in [3.63, 3.8) is 0 Å². The molecule has 1 saturated carbocycles. The second-order valence-electron chi connectivity index (χ2n) is 3.97. The van der Waals surface area contributed by atoms with E-state index in [9.17, 15) is 5.11 Å². The van der Waals surface area contributed by atoms with E-state index in [4.69, 9.17) is 9.47 Å². The van der Waals surface area contributed by atoms with Crippen molar-refractivity contribution in [3.8, 4) is 0 Å². The topological polar surface area (TPSA) is 38.7 Å². The quantitative estimate of drug-likeness (QED) is 0.709. The fraction of sp³-hybridized carbons (Fsp3) is 1.00. The minimum Gasteiger partial charge on any atom is -0.390 e. The summed E-state index contributed by atoms with van der Waals surface area (Å²) in [6.45, 7) is 0.813. The standard InChI is InChI=1S/C10H18O3/c11-8-4-3-5-9(8)13-10-6-1-2-7-12-10/h8-11H,1-7H2/t8-,9-,10?/m1/s1.